The third-order valence-electron chi connectivity index (χ3n) is 5.46. The quantitative estimate of drug-likeness (QED) is 0.383. The Labute approximate surface area is 191 Å². The van der Waals surface area contributed by atoms with Crippen LogP contribution in [0.2, 0.25) is 0 Å². The zero-order valence-corrected chi connectivity index (χ0v) is 18.2. The normalized spacial score (nSPS) is 11.9. The number of rotatable bonds is 4. The maximum absolute atomic E-state index is 13.7. The van der Waals surface area contributed by atoms with Gasteiger partial charge >= 0.3 is 6.18 Å². The molecular formula is C24H18F3N5O2. The van der Waals surface area contributed by atoms with Gasteiger partial charge in [0.25, 0.3) is 5.56 Å². The molecule has 4 aromatic heterocycles. The molecule has 34 heavy (non-hydrogen) atoms. The molecule has 0 saturated carbocycles. The first kappa shape index (κ1) is 21.6. The third-order valence-corrected chi connectivity index (χ3v) is 5.46. The molecule has 0 bridgehead atoms. The number of hydrogen-bond donors (Lipinski definition) is 0. The van der Waals surface area contributed by atoms with Crippen molar-refractivity contribution in [2.24, 2.45) is 7.05 Å². The molecule has 5 aromatic rings. The molecule has 1 aromatic carbocycles. The van der Waals surface area contributed by atoms with Gasteiger partial charge in [-0.2, -0.15) is 13.2 Å². The molecule has 0 aliphatic rings. The number of imidazole rings is 1. The highest BCUT2D eigenvalue weighted by molar-refractivity contribution is 5.93. The first-order valence-electron chi connectivity index (χ1n) is 10.4. The summed E-state index contributed by atoms with van der Waals surface area (Å²) in [5, 5.41) is 0.614. The first-order chi connectivity index (χ1) is 16.3. The minimum atomic E-state index is -4.59. The first-order valence-corrected chi connectivity index (χ1v) is 10.4. The van der Waals surface area contributed by atoms with Gasteiger partial charge in [0.05, 0.1) is 40.7 Å². The summed E-state index contributed by atoms with van der Waals surface area (Å²) in [6.45, 7) is 2.18. The summed E-state index contributed by atoms with van der Waals surface area (Å²) in [5.41, 5.74) is 1.36. The van der Waals surface area contributed by atoms with Crippen molar-refractivity contribution in [1.82, 2.24) is 24.1 Å². The number of benzene rings is 1. The van der Waals surface area contributed by atoms with Gasteiger partial charge < -0.3 is 9.30 Å². The lowest BCUT2D eigenvalue weighted by atomic mass is 10.1. The molecule has 0 aliphatic carbocycles. The van der Waals surface area contributed by atoms with Crippen molar-refractivity contribution in [3.05, 3.63) is 77.2 Å². The average Bonchev–Trinajstić information content (AvgIpc) is 3.18. The maximum Gasteiger partial charge on any atom is 0.433 e. The number of nitrogens with zero attached hydrogens (tertiary/aromatic N) is 5. The molecule has 0 aliphatic heterocycles. The molecule has 0 atom stereocenters. The Morgan fingerprint density at radius 3 is 2.59 bits per heavy atom. The van der Waals surface area contributed by atoms with E-state index in [2.05, 4.69) is 15.0 Å². The summed E-state index contributed by atoms with van der Waals surface area (Å²) in [4.78, 5) is 26.0. The Hall–Kier alpha value is -4.21. The molecule has 5 rings (SSSR count). The van der Waals surface area contributed by atoms with E-state index in [-0.39, 0.29) is 11.1 Å². The molecule has 0 spiro atoms. The van der Waals surface area contributed by atoms with Gasteiger partial charge in [0, 0.05) is 36.5 Å². The van der Waals surface area contributed by atoms with Crippen LogP contribution in [0.4, 0.5) is 13.2 Å². The van der Waals surface area contributed by atoms with Crippen molar-refractivity contribution in [2.75, 3.05) is 6.61 Å². The van der Waals surface area contributed by atoms with Crippen molar-refractivity contribution in [2.45, 2.75) is 13.1 Å². The molecule has 0 radical (unpaired) electrons. The lowest BCUT2D eigenvalue weighted by Crippen LogP contribution is -2.21. The van der Waals surface area contributed by atoms with E-state index in [0.29, 0.717) is 29.1 Å². The number of alkyl halides is 3. The standard InChI is InChI=1S/C24H18F3N5O2/c1-3-34-20-9-5-15-12-32(16-6-7-17-18(10-16)31(2)13-29-17)23(33)21(22(15)30-20)14-4-8-19(28-11-14)24(25,26)27/h4-13H,3H2,1-2H3. The third kappa shape index (κ3) is 3.66. The Morgan fingerprint density at radius 1 is 1.06 bits per heavy atom. The van der Waals surface area contributed by atoms with Crippen LogP contribution in [-0.4, -0.2) is 30.7 Å². The predicted molar refractivity (Wildman–Crippen MR) is 121 cm³/mol. The summed E-state index contributed by atoms with van der Waals surface area (Å²) in [6, 6.07) is 10.9. The molecule has 0 amide bonds. The van der Waals surface area contributed by atoms with Crippen molar-refractivity contribution in [3.8, 4) is 22.7 Å². The van der Waals surface area contributed by atoms with Gasteiger partial charge in [-0.3, -0.25) is 14.3 Å². The van der Waals surface area contributed by atoms with Crippen LogP contribution in [0, 0.1) is 0 Å². The van der Waals surface area contributed by atoms with Crippen LogP contribution < -0.4 is 10.3 Å². The zero-order chi connectivity index (χ0) is 24.0. The number of pyridine rings is 3. The van der Waals surface area contributed by atoms with Crippen LogP contribution in [0.1, 0.15) is 12.6 Å². The summed E-state index contributed by atoms with van der Waals surface area (Å²) in [7, 11) is 1.85. The van der Waals surface area contributed by atoms with Crippen LogP contribution in [0.3, 0.4) is 0 Å². The fraction of sp³-hybridized carbons (Fsp3) is 0.167. The molecule has 172 valence electrons. The van der Waals surface area contributed by atoms with E-state index >= 15 is 0 Å². The van der Waals surface area contributed by atoms with E-state index in [0.717, 1.165) is 23.3 Å². The zero-order valence-electron chi connectivity index (χ0n) is 18.2. The predicted octanol–water partition coefficient (Wildman–Crippen LogP) is 4.75. The lowest BCUT2D eigenvalue weighted by molar-refractivity contribution is -0.141. The highest BCUT2D eigenvalue weighted by atomic mass is 19.4. The summed E-state index contributed by atoms with van der Waals surface area (Å²) in [6.07, 6.45) is -0.214. The van der Waals surface area contributed by atoms with Gasteiger partial charge in [0.1, 0.15) is 5.69 Å². The van der Waals surface area contributed by atoms with Crippen molar-refractivity contribution >= 4 is 21.9 Å². The highest BCUT2D eigenvalue weighted by Gasteiger charge is 2.32. The molecular weight excluding hydrogens is 447 g/mol. The highest BCUT2D eigenvalue weighted by Crippen LogP contribution is 2.31. The van der Waals surface area contributed by atoms with Crippen LogP contribution in [0.15, 0.2) is 66.0 Å². The molecule has 0 fully saturated rings. The van der Waals surface area contributed by atoms with Crippen LogP contribution in [0.5, 0.6) is 5.88 Å². The molecule has 0 N–H and O–H groups in total. The van der Waals surface area contributed by atoms with E-state index in [1.807, 2.05) is 17.7 Å². The van der Waals surface area contributed by atoms with E-state index in [9.17, 15) is 18.0 Å². The second-order valence-corrected chi connectivity index (χ2v) is 7.66. The molecule has 4 heterocycles. The minimum Gasteiger partial charge on any atom is -0.478 e. The summed E-state index contributed by atoms with van der Waals surface area (Å²) >= 11 is 0. The van der Waals surface area contributed by atoms with Gasteiger partial charge in [0.2, 0.25) is 5.88 Å². The second kappa shape index (κ2) is 7.98. The minimum absolute atomic E-state index is 0.130. The van der Waals surface area contributed by atoms with Crippen molar-refractivity contribution < 1.29 is 17.9 Å². The number of aromatic nitrogens is 5. The molecule has 10 heteroatoms. The average molecular weight is 465 g/mol. The van der Waals surface area contributed by atoms with Gasteiger partial charge in [-0.15, -0.1) is 0 Å². The molecule has 0 saturated heterocycles. The number of ether oxygens (including phenoxy) is 1. The van der Waals surface area contributed by atoms with Crippen LogP contribution >= 0.6 is 0 Å². The Morgan fingerprint density at radius 2 is 1.88 bits per heavy atom. The Balaban J connectivity index is 1.78. The lowest BCUT2D eigenvalue weighted by Gasteiger charge is -2.14. The summed E-state index contributed by atoms with van der Waals surface area (Å²) < 4.78 is 47.9. The topological polar surface area (TPSA) is 74.8 Å². The number of hydrogen-bond acceptors (Lipinski definition) is 5. The Bertz CT molecular complexity index is 1590. The van der Waals surface area contributed by atoms with E-state index in [1.165, 1.54) is 10.6 Å². The van der Waals surface area contributed by atoms with Gasteiger partial charge in [-0.05, 0) is 37.3 Å². The van der Waals surface area contributed by atoms with Gasteiger partial charge in [0.15, 0.2) is 0 Å². The summed E-state index contributed by atoms with van der Waals surface area (Å²) in [5.74, 6) is 0.310. The van der Waals surface area contributed by atoms with Crippen molar-refractivity contribution in [1.29, 1.82) is 0 Å². The number of aryl methyl sites for hydroxylation is 1. The van der Waals surface area contributed by atoms with Gasteiger partial charge in [-0.1, -0.05) is 6.07 Å². The van der Waals surface area contributed by atoms with E-state index in [4.69, 9.17) is 4.74 Å². The number of halogens is 3. The number of fused-ring (bicyclic) bond motifs is 2. The van der Waals surface area contributed by atoms with Crippen LogP contribution in [-0.2, 0) is 13.2 Å². The smallest absolute Gasteiger partial charge is 0.433 e. The van der Waals surface area contributed by atoms with Crippen molar-refractivity contribution in [3.63, 3.8) is 0 Å². The van der Waals surface area contributed by atoms with E-state index in [1.54, 1.807) is 43.7 Å². The second-order valence-electron chi connectivity index (χ2n) is 7.66. The molecule has 7 nitrogen and oxygen atoms in total. The fourth-order valence-electron chi connectivity index (χ4n) is 3.83. The maximum atomic E-state index is 13.7. The largest absolute Gasteiger partial charge is 0.478 e. The van der Waals surface area contributed by atoms with Gasteiger partial charge in [-0.25, -0.2) is 9.97 Å². The fourth-order valence-corrected chi connectivity index (χ4v) is 3.83. The molecule has 0 unspecified atom stereocenters. The SMILES string of the molecule is CCOc1ccc2cn(-c3ccc4ncn(C)c4c3)c(=O)c(-c3ccc(C(F)(F)F)nc3)c2n1. The monoisotopic (exact) mass is 465 g/mol. The van der Waals surface area contributed by atoms with E-state index < -0.39 is 17.4 Å². The van der Waals surface area contributed by atoms with Crippen LogP contribution in [0.25, 0.3) is 38.8 Å². The Kier molecular flexibility index (Phi) is 5.07.